The van der Waals surface area contributed by atoms with Crippen molar-refractivity contribution >= 4 is 16.8 Å². The molecule has 4 rings (SSSR count). The normalized spacial score (nSPS) is 25.7. The van der Waals surface area contributed by atoms with E-state index in [0.29, 0.717) is 23.6 Å². The Balaban J connectivity index is 1.47. The summed E-state index contributed by atoms with van der Waals surface area (Å²) >= 11 is 0. The van der Waals surface area contributed by atoms with Gasteiger partial charge in [-0.3, -0.25) is 14.7 Å². The fourth-order valence-corrected chi connectivity index (χ4v) is 4.34. The van der Waals surface area contributed by atoms with Gasteiger partial charge in [-0.25, -0.2) is 0 Å². The average Bonchev–Trinajstić information content (AvgIpc) is 3.03. The van der Waals surface area contributed by atoms with Gasteiger partial charge in [-0.1, -0.05) is 32.0 Å². The quantitative estimate of drug-likeness (QED) is 0.906. The molecule has 0 bridgehead atoms. The van der Waals surface area contributed by atoms with Crippen molar-refractivity contribution in [2.45, 2.75) is 52.3 Å². The van der Waals surface area contributed by atoms with Gasteiger partial charge in [0.25, 0.3) is 5.91 Å². The van der Waals surface area contributed by atoms with E-state index in [2.05, 4.69) is 42.0 Å². The third-order valence-corrected chi connectivity index (χ3v) is 6.01. The van der Waals surface area contributed by atoms with Crippen molar-refractivity contribution in [1.82, 2.24) is 15.2 Å². The van der Waals surface area contributed by atoms with Crippen LogP contribution >= 0.6 is 0 Å². The molecule has 2 saturated heterocycles. The molecule has 3 atom stereocenters. The summed E-state index contributed by atoms with van der Waals surface area (Å²) in [5, 5.41) is 4.26. The number of pyridine rings is 1. The molecule has 3 heterocycles. The van der Waals surface area contributed by atoms with E-state index in [-0.39, 0.29) is 11.9 Å². The molecule has 2 fully saturated rings. The van der Waals surface area contributed by atoms with Gasteiger partial charge >= 0.3 is 0 Å². The van der Waals surface area contributed by atoms with Crippen molar-refractivity contribution in [3.63, 3.8) is 0 Å². The maximum Gasteiger partial charge on any atom is 0.253 e. The SMILES string of the molecule is Cc1nc2c(C)cccc2cc1C(=O)N[C@@H]1C[C@H]2CO[C@H](C(C)C)CN2C1. The molecule has 5 nitrogen and oxygen atoms in total. The number of rotatable bonds is 3. The molecular formula is C22H29N3O2. The Hall–Kier alpha value is -1.98. The number of carbonyl (C=O) groups excluding carboxylic acids is 1. The first-order valence-electron chi connectivity index (χ1n) is 9.96. The number of morpholine rings is 1. The van der Waals surface area contributed by atoms with Crippen molar-refractivity contribution in [3.8, 4) is 0 Å². The molecule has 1 aromatic carbocycles. The maximum absolute atomic E-state index is 12.9. The van der Waals surface area contributed by atoms with E-state index in [0.717, 1.165) is 48.3 Å². The molecule has 0 spiro atoms. The predicted octanol–water partition coefficient (Wildman–Crippen LogP) is 3.08. The van der Waals surface area contributed by atoms with Gasteiger partial charge in [0.1, 0.15) is 0 Å². The van der Waals surface area contributed by atoms with Crippen LogP contribution < -0.4 is 5.32 Å². The molecule has 0 aliphatic carbocycles. The van der Waals surface area contributed by atoms with Crippen molar-refractivity contribution in [2.75, 3.05) is 19.7 Å². The lowest BCUT2D eigenvalue weighted by Crippen LogP contribution is -2.48. The lowest BCUT2D eigenvalue weighted by Gasteiger charge is -2.36. The van der Waals surface area contributed by atoms with Crippen LogP contribution in [0.4, 0.5) is 0 Å². The van der Waals surface area contributed by atoms with Crippen molar-refractivity contribution in [3.05, 3.63) is 41.1 Å². The van der Waals surface area contributed by atoms with Crippen LogP contribution in [-0.4, -0.2) is 53.7 Å². The summed E-state index contributed by atoms with van der Waals surface area (Å²) in [6.07, 6.45) is 1.25. The number of amides is 1. The smallest absolute Gasteiger partial charge is 0.253 e. The average molecular weight is 367 g/mol. The Morgan fingerprint density at radius 1 is 1.30 bits per heavy atom. The Bertz CT molecular complexity index is 864. The number of ether oxygens (including phenoxy) is 1. The summed E-state index contributed by atoms with van der Waals surface area (Å²) < 4.78 is 6.01. The van der Waals surface area contributed by atoms with Gasteiger partial charge in [-0.2, -0.15) is 0 Å². The van der Waals surface area contributed by atoms with Gasteiger partial charge < -0.3 is 10.1 Å². The van der Waals surface area contributed by atoms with E-state index in [4.69, 9.17) is 4.74 Å². The zero-order chi connectivity index (χ0) is 19.1. The molecule has 0 saturated carbocycles. The molecule has 1 N–H and O–H groups in total. The van der Waals surface area contributed by atoms with Gasteiger partial charge in [-0.15, -0.1) is 0 Å². The van der Waals surface area contributed by atoms with Crippen LogP contribution in [0.25, 0.3) is 10.9 Å². The molecule has 5 heteroatoms. The number of carbonyl (C=O) groups is 1. The molecule has 144 valence electrons. The molecule has 27 heavy (non-hydrogen) atoms. The Kier molecular flexibility index (Phi) is 4.91. The number of para-hydroxylation sites is 1. The fraction of sp³-hybridized carbons (Fsp3) is 0.545. The highest BCUT2D eigenvalue weighted by molar-refractivity contribution is 5.99. The van der Waals surface area contributed by atoms with E-state index in [1.807, 2.05) is 25.1 Å². The second-order valence-electron chi connectivity index (χ2n) is 8.40. The fourth-order valence-electron chi connectivity index (χ4n) is 4.34. The van der Waals surface area contributed by atoms with Gasteiger partial charge in [0.15, 0.2) is 0 Å². The molecule has 0 radical (unpaired) electrons. The minimum Gasteiger partial charge on any atom is -0.375 e. The van der Waals surface area contributed by atoms with Gasteiger partial charge in [0.2, 0.25) is 0 Å². The van der Waals surface area contributed by atoms with Crippen LogP contribution in [0.5, 0.6) is 0 Å². The first-order chi connectivity index (χ1) is 12.9. The largest absolute Gasteiger partial charge is 0.375 e. The van der Waals surface area contributed by atoms with E-state index in [1.165, 1.54) is 0 Å². The third kappa shape index (κ3) is 3.58. The highest BCUT2D eigenvalue weighted by Crippen LogP contribution is 2.26. The Labute approximate surface area is 161 Å². The number of aromatic nitrogens is 1. The third-order valence-electron chi connectivity index (χ3n) is 6.01. The lowest BCUT2D eigenvalue weighted by molar-refractivity contribution is -0.0683. The number of hydrogen-bond donors (Lipinski definition) is 1. The van der Waals surface area contributed by atoms with E-state index in [9.17, 15) is 4.79 Å². The molecule has 2 aliphatic heterocycles. The molecule has 1 aromatic heterocycles. The number of nitrogens with one attached hydrogen (secondary N) is 1. The van der Waals surface area contributed by atoms with Crippen LogP contribution in [0, 0.1) is 19.8 Å². The number of hydrogen-bond acceptors (Lipinski definition) is 4. The number of fused-ring (bicyclic) bond motifs is 2. The maximum atomic E-state index is 12.9. The summed E-state index contributed by atoms with van der Waals surface area (Å²) in [7, 11) is 0. The number of aryl methyl sites for hydroxylation is 2. The van der Waals surface area contributed by atoms with Crippen molar-refractivity contribution in [2.24, 2.45) is 5.92 Å². The Morgan fingerprint density at radius 2 is 2.11 bits per heavy atom. The van der Waals surface area contributed by atoms with E-state index in [1.54, 1.807) is 0 Å². The van der Waals surface area contributed by atoms with Crippen LogP contribution in [0.2, 0.25) is 0 Å². The summed E-state index contributed by atoms with van der Waals surface area (Å²) in [5.41, 5.74) is 3.57. The van der Waals surface area contributed by atoms with Crippen molar-refractivity contribution < 1.29 is 9.53 Å². The summed E-state index contributed by atoms with van der Waals surface area (Å²) in [4.78, 5) is 20.1. The zero-order valence-electron chi connectivity index (χ0n) is 16.7. The molecule has 2 aromatic rings. The van der Waals surface area contributed by atoms with Crippen LogP contribution in [0.15, 0.2) is 24.3 Å². The number of benzene rings is 1. The molecular weight excluding hydrogens is 338 g/mol. The second-order valence-corrected chi connectivity index (χ2v) is 8.40. The van der Waals surface area contributed by atoms with E-state index < -0.39 is 0 Å². The summed E-state index contributed by atoms with van der Waals surface area (Å²) in [6.45, 7) is 11.0. The highest BCUT2D eigenvalue weighted by Gasteiger charge is 2.38. The molecule has 2 aliphatic rings. The van der Waals surface area contributed by atoms with E-state index >= 15 is 0 Å². The highest BCUT2D eigenvalue weighted by atomic mass is 16.5. The second kappa shape index (κ2) is 7.21. The molecule has 0 unspecified atom stereocenters. The summed E-state index contributed by atoms with van der Waals surface area (Å²) in [6, 6.07) is 8.64. The Morgan fingerprint density at radius 3 is 2.89 bits per heavy atom. The standard InChI is InChI=1S/C22H29N3O2/c1-13(2)20-11-25-10-17(9-18(25)12-27-20)24-22(26)19-8-16-7-5-6-14(3)21(16)23-15(19)4/h5-8,13,17-18,20H,9-12H2,1-4H3,(H,24,26)/t17-,18+,20+/m1/s1. The minimum atomic E-state index is -0.0189. The minimum absolute atomic E-state index is 0.0189. The summed E-state index contributed by atoms with van der Waals surface area (Å²) in [5.74, 6) is 0.504. The van der Waals surface area contributed by atoms with Gasteiger partial charge in [0, 0.05) is 30.6 Å². The lowest BCUT2D eigenvalue weighted by atomic mass is 10.0. The van der Waals surface area contributed by atoms with Gasteiger partial charge in [0.05, 0.1) is 29.5 Å². The number of nitrogens with zero attached hydrogens (tertiary/aromatic N) is 2. The van der Waals surface area contributed by atoms with Crippen molar-refractivity contribution in [1.29, 1.82) is 0 Å². The first-order valence-corrected chi connectivity index (χ1v) is 9.96. The van der Waals surface area contributed by atoms with Gasteiger partial charge in [-0.05, 0) is 37.8 Å². The zero-order valence-corrected chi connectivity index (χ0v) is 16.7. The van der Waals surface area contributed by atoms with Crippen LogP contribution in [-0.2, 0) is 4.74 Å². The monoisotopic (exact) mass is 367 g/mol. The van der Waals surface area contributed by atoms with Crippen LogP contribution in [0.1, 0.15) is 41.9 Å². The topological polar surface area (TPSA) is 54.5 Å². The molecule has 1 amide bonds. The predicted molar refractivity (Wildman–Crippen MR) is 107 cm³/mol. The van der Waals surface area contributed by atoms with Crippen LogP contribution in [0.3, 0.4) is 0 Å². The first kappa shape index (κ1) is 18.4.